The van der Waals surface area contributed by atoms with E-state index >= 15 is 0 Å². The van der Waals surface area contributed by atoms with Crippen LogP contribution in [0.15, 0.2) is 36.4 Å². The largest absolute Gasteiger partial charge is 0.490 e. The summed E-state index contributed by atoms with van der Waals surface area (Å²) in [4.78, 5) is 2.73. The summed E-state index contributed by atoms with van der Waals surface area (Å²) in [5.74, 6) is 0.993. The van der Waals surface area contributed by atoms with Gasteiger partial charge in [-0.2, -0.15) is 0 Å². The van der Waals surface area contributed by atoms with Crippen molar-refractivity contribution in [2.24, 2.45) is 0 Å². The Labute approximate surface area is 131 Å². The number of nitrogens with one attached hydrogen (secondary N) is 1. The Morgan fingerprint density at radius 3 is 2.43 bits per heavy atom. The van der Waals surface area contributed by atoms with Gasteiger partial charge >= 0.3 is 0 Å². The number of aryl methyl sites for hydroxylation is 1. The zero-order valence-electron chi connectivity index (χ0n) is 12.8. The molecule has 0 aliphatic heterocycles. The van der Waals surface area contributed by atoms with Crippen LogP contribution < -0.4 is 10.1 Å². The van der Waals surface area contributed by atoms with Gasteiger partial charge in [-0.15, -0.1) is 11.3 Å². The number of hydrogen-bond acceptors (Lipinski definition) is 3. The molecule has 1 heterocycles. The van der Waals surface area contributed by atoms with E-state index in [9.17, 15) is 0 Å². The van der Waals surface area contributed by atoms with Crippen LogP contribution >= 0.6 is 11.3 Å². The molecule has 1 N–H and O–H groups in total. The first-order valence-electron chi connectivity index (χ1n) is 7.80. The molecule has 1 fully saturated rings. The molecule has 2 nitrogen and oxygen atoms in total. The van der Waals surface area contributed by atoms with Gasteiger partial charge in [0.25, 0.3) is 0 Å². The number of ether oxygens (including phenoxy) is 1. The highest BCUT2D eigenvalue weighted by Crippen LogP contribution is 2.28. The lowest BCUT2D eigenvalue weighted by Crippen LogP contribution is -2.10. The van der Waals surface area contributed by atoms with Crippen LogP contribution in [-0.4, -0.2) is 6.10 Å². The molecule has 3 rings (SSSR count). The van der Waals surface area contributed by atoms with E-state index in [-0.39, 0.29) is 0 Å². The van der Waals surface area contributed by atoms with E-state index in [4.69, 9.17) is 4.74 Å². The molecule has 1 aliphatic rings. The van der Waals surface area contributed by atoms with Gasteiger partial charge in [0.15, 0.2) is 0 Å². The first-order valence-corrected chi connectivity index (χ1v) is 8.62. The average Bonchev–Trinajstić information content (AvgIpc) is 3.12. The van der Waals surface area contributed by atoms with E-state index in [0.717, 1.165) is 11.4 Å². The highest BCUT2D eigenvalue weighted by atomic mass is 32.1. The van der Waals surface area contributed by atoms with Crippen LogP contribution in [0.2, 0.25) is 0 Å². The molecular weight excluding hydrogens is 278 g/mol. The van der Waals surface area contributed by atoms with E-state index in [2.05, 4.69) is 55.6 Å². The molecule has 1 unspecified atom stereocenters. The quantitative estimate of drug-likeness (QED) is 0.781. The smallest absolute Gasteiger partial charge is 0.119 e. The minimum atomic E-state index is 0.338. The minimum absolute atomic E-state index is 0.338. The molecule has 0 amide bonds. The van der Waals surface area contributed by atoms with Crippen molar-refractivity contribution >= 4 is 17.0 Å². The van der Waals surface area contributed by atoms with Crippen molar-refractivity contribution in [2.75, 3.05) is 5.32 Å². The fourth-order valence-corrected chi connectivity index (χ4v) is 3.72. The van der Waals surface area contributed by atoms with E-state index in [1.165, 1.54) is 35.4 Å². The summed E-state index contributed by atoms with van der Waals surface area (Å²) in [6.45, 7) is 4.35. The van der Waals surface area contributed by atoms with Gasteiger partial charge in [-0.1, -0.05) is 0 Å². The summed E-state index contributed by atoms with van der Waals surface area (Å²) in [7, 11) is 0. The summed E-state index contributed by atoms with van der Waals surface area (Å²) in [5.41, 5.74) is 1.15. The van der Waals surface area contributed by atoms with Crippen molar-refractivity contribution in [3.8, 4) is 5.75 Å². The van der Waals surface area contributed by atoms with Gasteiger partial charge in [-0.05, 0) is 75.9 Å². The van der Waals surface area contributed by atoms with Crippen LogP contribution in [0.1, 0.15) is 48.4 Å². The first kappa shape index (κ1) is 14.5. The molecule has 0 spiro atoms. The molecule has 3 heteroatoms. The van der Waals surface area contributed by atoms with Crippen LogP contribution in [0.25, 0.3) is 0 Å². The topological polar surface area (TPSA) is 21.3 Å². The number of thiophene rings is 1. The van der Waals surface area contributed by atoms with Crippen LogP contribution in [0.3, 0.4) is 0 Å². The van der Waals surface area contributed by atoms with E-state index < -0.39 is 0 Å². The maximum Gasteiger partial charge on any atom is 0.119 e. The monoisotopic (exact) mass is 301 g/mol. The number of benzene rings is 1. The summed E-state index contributed by atoms with van der Waals surface area (Å²) >= 11 is 1.85. The maximum absolute atomic E-state index is 6.00. The molecule has 0 bridgehead atoms. The Kier molecular flexibility index (Phi) is 4.49. The summed E-state index contributed by atoms with van der Waals surface area (Å²) in [6, 6.07) is 13.1. The van der Waals surface area contributed by atoms with Gasteiger partial charge in [-0.25, -0.2) is 0 Å². The number of rotatable bonds is 5. The maximum atomic E-state index is 6.00. The lowest BCUT2D eigenvalue weighted by atomic mass is 10.2. The summed E-state index contributed by atoms with van der Waals surface area (Å²) in [5, 5.41) is 3.55. The predicted octanol–water partition coefficient (Wildman–Crippen LogP) is 5.55. The Balaban J connectivity index is 1.58. The van der Waals surface area contributed by atoms with Crippen molar-refractivity contribution in [3.63, 3.8) is 0 Å². The van der Waals surface area contributed by atoms with Gasteiger partial charge < -0.3 is 10.1 Å². The molecule has 1 saturated carbocycles. The van der Waals surface area contributed by atoms with Gasteiger partial charge in [0, 0.05) is 15.4 Å². The molecule has 0 radical (unpaired) electrons. The molecule has 1 aromatic heterocycles. The Hall–Kier alpha value is -1.48. The highest BCUT2D eigenvalue weighted by Gasteiger charge is 2.16. The van der Waals surface area contributed by atoms with Crippen molar-refractivity contribution in [1.82, 2.24) is 0 Å². The second-order valence-electron chi connectivity index (χ2n) is 5.86. The van der Waals surface area contributed by atoms with Crippen LogP contribution in [0.4, 0.5) is 5.69 Å². The molecule has 2 aromatic rings. The van der Waals surface area contributed by atoms with E-state index in [1.54, 1.807) is 0 Å². The van der Waals surface area contributed by atoms with Crippen molar-refractivity contribution < 1.29 is 4.74 Å². The predicted molar refractivity (Wildman–Crippen MR) is 90.4 cm³/mol. The summed E-state index contributed by atoms with van der Waals surface area (Å²) < 4.78 is 6.00. The highest BCUT2D eigenvalue weighted by molar-refractivity contribution is 7.12. The molecular formula is C18H23NOS. The van der Waals surface area contributed by atoms with Crippen LogP contribution in [0.5, 0.6) is 5.75 Å². The zero-order chi connectivity index (χ0) is 14.7. The summed E-state index contributed by atoms with van der Waals surface area (Å²) in [6.07, 6.45) is 5.45. The van der Waals surface area contributed by atoms with Gasteiger partial charge in [0.1, 0.15) is 5.75 Å². The molecule has 1 aliphatic carbocycles. The number of hydrogen-bond donors (Lipinski definition) is 1. The van der Waals surface area contributed by atoms with E-state index in [0.29, 0.717) is 12.1 Å². The van der Waals surface area contributed by atoms with Crippen molar-refractivity contribution in [2.45, 2.75) is 51.7 Å². The fraction of sp³-hybridized carbons (Fsp3) is 0.444. The van der Waals surface area contributed by atoms with Crippen molar-refractivity contribution in [3.05, 3.63) is 46.2 Å². The minimum Gasteiger partial charge on any atom is -0.490 e. The van der Waals surface area contributed by atoms with Gasteiger partial charge in [-0.3, -0.25) is 0 Å². The van der Waals surface area contributed by atoms with E-state index in [1.807, 2.05) is 11.3 Å². The first-order chi connectivity index (χ1) is 10.2. The third kappa shape index (κ3) is 3.79. The Bertz CT molecular complexity index is 569. The molecule has 0 saturated heterocycles. The molecule has 1 atom stereocenters. The SMILES string of the molecule is Cc1ccc(C(C)Nc2ccc(OC3CCCC3)cc2)s1. The third-order valence-corrected chi connectivity index (χ3v) is 5.21. The third-order valence-electron chi connectivity index (χ3n) is 4.03. The number of anilines is 1. The lowest BCUT2D eigenvalue weighted by Gasteiger charge is -2.16. The zero-order valence-corrected chi connectivity index (χ0v) is 13.6. The van der Waals surface area contributed by atoms with Crippen molar-refractivity contribution in [1.29, 1.82) is 0 Å². The fourth-order valence-electron chi connectivity index (χ4n) is 2.84. The Morgan fingerprint density at radius 1 is 1.10 bits per heavy atom. The molecule has 21 heavy (non-hydrogen) atoms. The lowest BCUT2D eigenvalue weighted by molar-refractivity contribution is 0.210. The van der Waals surface area contributed by atoms with Gasteiger partial charge in [0.05, 0.1) is 12.1 Å². The standard InChI is InChI=1S/C18H23NOS/c1-13-7-12-18(21-13)14(2)19-15-8-10-17(11-9-15)20-16-5-3-4-6-16/h7-12,14,16,19H,3-6H2,1-2H3. The second kappa shape index (κ2) is 6.52. The molecule has 1 aromatic carbocycles. The Morgan fingerprint density at radius 2 is 1.81 bits per heavy atom. The van der Waals surface area contributed by atoms with Crippen LogP contribution in [-0.2, 0) is 0 Å². The normalized spacial score (nSPS) is 16.9. The molecule has 112 valence electrons. The van der Waals surface area contributed by atoms with Crippen LogP contribution in [0, 0.1) is 6.92 Å². The average molecular weight is 301 g/mol. The second-order valence-corrected chi connectivity index (χ2v) is 7.18. The van der Waals surface area contributed by atoms with Gasteiger partial charge in [0.2, 0.25) is 0 Å².